The molecular formula is C22H26N6O2S. The normalized spacial score (nSPS) is 17.0. The minimum atomic E-state index is -0.506. The number of nitriles is 1. The Bertz CT molecular complexity index is 1150. The molecule has 3 aromatic heterocycles. The van der Waals surface area contributed by atoms with Gasteiger partial charge in [-0.2, -0.15) is 15.5 Å². The van der Waals surface area contributed by atoms with Crippen LogP contribution in [-0.4, -0.2) is 55.3 Å². The van der Waals surface area contributed by atoms with Gasteiger partial charge >= 0.3 is 6.09 Å². The van der Waals surface area contributed by atoms with Crippen LogP contribution in [0.2, 0.25) is 0 Å². The number of rotatable bonds is 3. The van der Waals surface area contributed by atoms with Crippen LogP contribution in [0.1, 0.15) is 45.2 Å². The highest BCUT2D eigenvalue weighted by Crippen LogP contribution is 2.31. The van der Waals surface area contributed by atoms with Crippen molar-refractivity contribution in [3.05, 3.63) is 36.4 Å². The number of carbonyl (C=O) groups is 1. The first-order chi connectivity index (χ1) is 14.8. The lowest BCUT2D eigenvalue weighted by Gasteiger charge is -2.34. The molecule has 0 bridgehead atoms. The minimum absolute atomic E-state index is 0.105. The molecule has 9 heteroatoms. The van der Waals surface area contributed by atoms with Gasteiger partial charge in [-0.15, -0.1) is 11.8 Å². The van der Waals surface area contributed by atoms with Crippen LogP contribution in [0.4, 0.5) is 4.79 Å². The molecule has 0 radical (unpaired) electrons. The Hall–Kier alpha value is -2.99. The van der Waals surface area contributed by atoms with Gasteiger partial charge < -0.3 is 9.64 Å². The zero-order valence-corrected chi connectivity index (χ0v) is 19.0. The maximum Gasteiger partial charge on any atom is 0.410 e. The molecule has 1 aliphatic heterocycles. The van der Waals surface area contributed by atoms with Crippen LogP contribution >= 0.6 is 11.8 Å². The van der Waals surface area contributed by atoms with E-state index in [1.54, 1.807) is 27.4 Å². The Morgan fingerprint density at radius 1 is 1.26 bits per heavy atom. The van der Waals surface area contributed by atoms with Gasteiger partial charge in [-0.05, 0) is 45.9 Å². The molecule has 0 saturated carbocycles. The fourth-order valence-electron chi connectivity index (χ4n) is 3.83. The minimum Gasteiger partial charge on any atom is -0.444 e. The van der Waals surface area contributed by atoms with Crippen molar-refractivity contribution in [1.29, 1.82) is 5.26 Å². The molecule has 1 fully saturated rings. The molecule has 4 rings (SSSR count). The second kappa shape index (κ2) is 8.27. The first kappa shape index (κ1) is 21.2. The van der Waals surface area contributed by atoms with Crippen molar-refractivity contribution < 1.29 is 9.53 Å². The third kappa shape index (κ3) is 4.39. The number of hydrogen-bond acceptors (Lipinski definition) is 6. The summed E-state index contributed by atoms with van der Waals surface area (Å²) in [6.07, 6.45) is 11.0. The number of ether oxygens (including phenoxy) is 1. The smallest absolute Gasteiger partial charge is 0.410 e. The zero-order valence-electron chi connectivity index (χ0n) is 18.2. The highest BCUT2D eigenvalue weighted by atomic mass is 32.2. The summed E-state index contributed by atoms with van der Waals surface area (Å²) < 4.78 is 9.23. The molecule has 1 saturated heterocycles. The van der Waals surface area contributed by atoms with E-state index in [0.29, 0.717) is 18.7 Å². The molecule has 0 aromatic carbocycles. The van der Waals surface area contributed by atoms with Gasteiger partial charge in [-0.25, -0.2) is 9.31 Å². The number of amides is 1. The lowest BCUT2D eigenvalue weighted by Crippen LogP contribution is -2.43. The molecule has 1 aliphatic rings. The maximum absolute atomic E-state index is 12.5. The lowest BCUT2D eigenvalue weighted by atomic mass is 10.1. The van der Waals surface area contributed by atoms with Crippen molar-refractivity contribution in [2.45, 2.75) is 50.2 Å². The Balaban J connectivity index is 1.57. The van der Waals surface area contributed by atoms with E-state index in [1.807, 2.05) is 50.3 Å². The number of aromatic nitrogens is 4. The van der Waals surface area contributed by atoms with Crippen LogP contribution < -0.4 is 0 Å². The predicted octanol–water partition coefficient (Wildman–Crippen LogP) is 4.36. The highest BCUT2D eigenvalue weighted by molar-refractivity contribution is 7.98. The quantitative estimate of drug-likeness (QED) is 0.565. The molecule has 0 spiro atoms. The number of likely N-dealkylation sites (tertiary alicyclic amines) is 1. The van der Waals surface area contributed by atoms with E-state index < -0.39 is 5.60 Å². The van der Waals surface area contributed by atoms with Gasteiger partial charge in [-0.1, -0.05) is 0 Å². The van der Waals surface area contributed by atoms with Gasteiger partial charge in [0.25, 0.3) is 0 Å². The van der Waals surface area contributed by atoms with Gasteiger partial charge in [0.1, 0.15) is 11.7 Å². The second-order valence-electron chi connectivity index (χ2n) is 8.69. The molecule has 1 amide bonds. The van der Waals surface area contributed by atoms with Crippen molar-refractivity contribution in [3.8, 4) is 17.2 Å². The van der Waals surface area contributed by atoms with Gasteiger partial charge in [-0.3, -0.25) is 4.68 Å². The molecule has 8 nitrogen and oxygen atoms in total. The van der Waals surface area contributed by atoms with Crippen LogP contribution in [0.15, 0.2) is 35.7 Å². The fourth-order valence-corrected chi connectivity index (χ4v) is 4.47. The van der Waals surface area contributed by atoms with E-state index in [9.17, 15) is 10.1 Å². The Labute approximate surface area is 185 Å². The zero-order chi connectivity index (χ0) is 22.2. The fraction of sp³-hybridized carbons (Fsp3) is 0.455. The monoisotopic (exact) mass is 438 g/mol. The van der Waals surface area contributed by atoms with E-state index in [4.69, 9.17) is 4.74 Å². The largest absolute Gasteiger partial charge is 0.444 e. The summed E-state index contributed by atoms with van der Waals surface area (Å²) in [5.74, 6) is 0. The van der Waals surface area contributed by atoms with Crippen LogP contribution in [-0.2, 0) is 4.74 Å². The van der Waals surface area contributed by atoms with Gasteiger partial charge in [0, 0.05) is 41.5 Å². The van der Waals surface area contributed by atoms with Crippen LogP contribution in [0.25, 0.3) is 16.6 Å². The SMILES string of the molecule is CSc1cc(-c2cnn([C@H]3CCCN(C(=O)OC(C)(C)C)C3)c2)cn2ncc(C#N)c12. The Morgan fingerprint density at radius 2 is 2.06 bits per heavy atom. The third-order valence-corrected chi connectivity index (χ3v) is 6.03. The van der Waals surface area contributed by atoms with Crippen LogP contribution in [0, 0.1) is 11.3 Å². The van der Waals surface area contributed by atoms with E-state index in [2.05, 4.69) is 22.3 Å². The lowest BCUT2D eigenvalue weighted by molar-refractivity contribution is 0.0167. The first-order valence-corrected chi connectivity index (χ1v) is 11.5. The summed E-state index contributed by atoms with van der Waals surface area (Å²) in [7, 11) is 0. The average molecular weight is 439 g/mol. The number of hydrogen-bond donors (Lipinski definition) is 0. The summed E-state index contributed by atoms with van der Waals surface area (Å²) in [6, 6.07) is 4.38. The van der Waals surface area contributed by atoms with E-state index >= 15 is 0 Å². The number of thioether (sulfide) groups is 1. The summed E-state index contributed by atoms with van der Waals surface area (Å²) in [4.78, 5) is 15.2. The molecule has 162 valence electrons. The molecule has 0 N–H and O–H groups in total. The number of carbonyl (C=O) groups excluding carboxylic acids is 1. The molecule has 1 atom stereocenters. The molecule has 4 heterocycles. The van der Waals surface area contributed by atoms with Crippen LogP contribution in [0.3, 0.4) is 0 Å². The Morgan fingerprint density at radius 3 is 2.77 bits per heavy atom. The van der Waals surface area contributed by atoms with Gasteiger partial charge in [0.2, 0.25) is 0 Å². The predicted molar refractivity (Wildman–Crippen MR) is 119 cm³/mol. The van der Waals surface area contributed by atoms with Crippen molar-refractivity contribution >= 4 is 23.4 Å². The summed E-state index contributed by atoms with van der Waals surface area (Å²) >= 11 is 1.59. The standard InChI is InChI=1S/C22H26N6O2S/c1-22(2,3)30-21(29)26-7-5-6-18(14-26)27-13-17(11-24-27)15-8-19(31-4)20-16(9-23)10-25-28(20)12-15/h8,10-13,18H,5-7,14H2,1-4H3/t18-/m0/s1. The number of pyridine rings is 1. The van der Waals surface area contributed by atoms with Crippen molar-refractivity contribution in [2.75, 3.05) is 19.3 Å². The molecular weight excluding hydrogens is 412 g/mol. The van der Waals surface area contributed by atoms with Gasteiger partial charge in [0.05, 0.1) is 29.5 Å². The summed E-state index contributed by atoms with van der Waals surface area (Å²) in [5.41, 5.74) is 2.84. The average Bonchev–Trinajstić information content (AvgIpc) is 3.39. The Kier molecular flexibility index (Phi) is 5.67. The van der Waals surface area contributed by atoms with Crippen molar-refractivity contribution in [1.82, 2.24) is 24.3 Å². The van der Waals surface area contributed by atoms with Crippen LogP contribution in [0.5, 0.6) is 0 Å². The van der Waals surface area contributed by atoms with E-state index in [1.165, 1.54) is 0 Å². The molecule has 3 aromatic rings. The molecule has 0 aliphatic carbocycles. The first-order valence-electron chi connectivity index (χ1n) is 10.3. The van der Waals surface area contributed by atoms with Gasteiger partial charge in [0.15, 0.2) is 0 Å². The van der Waals surface area contributed by atoms with E-state index in [0.717, 1.165) is 34.4 Å². The third-order valence-electron chi connectivity index (χ3n) is 5.27. The maximum atomic E-state index is 12.5. The van der Waals surface area contributed by atoms with Crippen molar-refractivity contribution in [2.24, 2.45) is 0 Å². The number of nitrogens with zero attached hydrogens (tertiary/aromatic N) is 6. The summed E-state index contributed by atoms with van der Waals surface area (Å²) in [5, 5.41) is 18.3. The van der Waals surface area contributed by atoms with Crippen molar-refractivity contribution in [3.63, 3.8) is 0 Å². The molecule has 31 heavy (non-hydrogen) atoms. The number of piperidine rings is 1. The highest BCUT2D eigenvalue weighted by Gasteiger charge is 2.29. The topological polar surface area (TPSA) is 88.4 Å². The number of fused-ring (bicyclic) bond motifs is 1. The summed E-state index contributed by atoms with van der Waals surface area (Å²) in [6.45, 7) is 6.92. The van der Waals surface area contributed by atoms with E-state index in [-0.39, 0.29) is 12.1 Å². The second-order valence-corrected chi connectivity index (χ2v) is 9.54. The molecule has 0 unspecified atom stereocenters.